The summed E-state index contributed by atoms with van der Waals surface area (Å²) in [6.07, 6.45) is 15.1. The summed E-state index contributed by atoms with van der Waals surface area (Å²) in [6, 6.07) is 0. The number of aryl methyl sites for hydroxylation is 4. The normalized spacial score (nSPS) is 9.67. The van der Waals surface area contributed by atoms with Gasteiger partial charge in [-0.15, -0.1) is 0 Å². The summed E-state index contributed by atoms with van der Waals surface area (Å²) in [5.74, 6) is 0. The van der Waals surface area contributed by atoms with E-state index in [0.717, 1.165) is 13.1 Å². The van der Waals surface area contributed by atoms with Crippen molar-refractivity contribution >= 4 is 0 Å². The lowest BCUT2D eigenvalue weighted by atomic mass is 10.3. The van der Waals surface area contributed by atoms with Crippen LogP contribution in [-0.2, 0) is 27.2 Å². The molecule has 2 aromatic rings. The van der Waals surface area contributed by atoms with Gasteiger partial charge in [-0.25, -0.2) is 18.3 Å². The maximum Gasteiger partial charge on any atom is 0.243 e. The Hall–Kier alpha value is -1.58. The molecule has 4 nitrogen and oxygen atoms in total. The quantitative estimate of drug-likeness (QED) is 0.433. The largest absolute Gasteiger partial charge is 0.358 e. The van der Waals surface area contributed by atoms with Gasteiger partial charge < -0.3 is 14.9 Å². The van der Waals surface area contributed by atoms with Crippen molar-refractivity contribution in [3.05, 3.63) is 52.3 Å². The third-order valence-corrected chi connectivity index (χ3v) is 2.73. The van der Waals surface area contributed by atoms with E-state index in [1.807, 2.05) is 0 Å². The second-order valence-electron chi connectivity index (χ2n) is 4.34. The predicted molar refractivity (Wildman–Crippen MR) is 73.3 cm³/mol. The van der Waals surface area contributed by atoms with Gasteiger partial charge in [-0.2, -0.15) is 0 Å². The number of hydrogen-bond acceptors (Lipinski definition) is 0. The lowest BCUT2D eigenvalue weighted by Gasteiger charge is -1.96. The Labute approximate surface area is 111 Å². The van der Waals surface area contributed by atoms with Crippen LogP contribution in [0.15, 0.2) is 37.4 Å². The highest BCUT2D eigenvalue weighted by atomic mass is 15.1. The van der Waals surface area contributed by atoms with Gasteiger partial charge in [-0.3, -0.25) is 0 Å². The number of aromatic nitrogens is 4. The van der Waals surface area contributed by atoms with Crippen molar-refractivity contribution in [1.29, 1.82) is 0 Å². The molecular weight excluding hydrogens is 224 g/mol. The average molecular weight is 250 g/mol. The van der Waals surface area contributed by atoms with Crippen molar-refractivity contribution in [3.8, 4) is 0 Å². The number of hydrogen-bond donors (Lipinski definition) is 0. The van der Waals surface area contributed by atoms with E-state index < -0.39 is 0 Å². The maximum atomic E-state index is 2.23. The van der Waals surface area contributed by atoms with Crippen molar-refractivity contribution in [2.45, 2.75) is 25.9 Å². The highest BCUT2D eigenvalue weighted by molar-refractivity contribution is 4.67. The van der Waals surface area contributed by atoms with Crippen LogP contribution in [0.4, 0.5) is 0 Å². The van der Waals surface area contributed by atoms with Crippen LogP contribution in [0.5, 0.6) is 0 Å². The van der Waals surface area contributed by atoms with Crippen LogP contribution >= 0.6 is 0 Å². The summed E-state index contributed by atoms with van der Waals surface area (Å²) >= 11 is 0. The van der Waals surface area contributed by atoms with E-state index in [1.165, 1.54) is 12.8 Å². The molecule has 4 heteroatoms. The van der Waals surface area contributed by atoms with Gasteiger partial charge in [0.25, 0.3) is 0 Å². The van der Waals surface area contributed by atoms with E-state index in [1.54, 1.807) is 0 Å². The Morgan fingerprint density at radius 2 is 1.17 bits per heavy atom. The first-order valence-electron chi connectivity index (χ1n) is 5.76. The number of imidazole rings is 2. The van der Waals surface area contributed by atoms with Gasteiger partial charge in [0.2, 0.25) is 12.7 Å². The van der Waals surface area contributed by atoms with Crippen molar-refractivity contribution in [2.24, 2.45) is 14.1 Å². The molecule has 18 heavy (non-hydrogen) atoms. The SMILES string of the molecule is C[n+]1ccn(CCCCn2cc[n+](C)c2)c1.[CH3-].[CH3-]. The Bertz CT molecular complexity index is 400. The topological polar surface area (TPSA) is 17.6 Å². The molecule has 0 saturated heterocycles. The zero-order chi connectivity index (χ0) is 11.4. The summed E-state index contributed by atoms with van der Waals surface area (Å²) < 4.78 is 8.61. The third-order valence-electron chi connectivity index (χ3n) is 2.73. The Kier molecular flexibility index (Phi) is 7.01. The molecule has 2 aromatic heterocycles. The summed E-state index contributed by atoms with van der Waals surface area (Å²) in [4.78, 5) is 0. The fraction of sp³-hybridized carbons (Fsp3) is 0.429. The van der Waals surface area contributed by atoms with E-state index in [9.17, 15) is 0 Å². The zero-order valence-electron chi connectivity index (χ0n) is 12.1. The van der Waals surface area contributed by atoms with Crippen LogP contribution in [0, 0.1) is 14.9 Å². The molecule has 2 heterocycles. The predicted octanol–water partition coefficient (Wildman–Crippen LogP) is 1.32. The molecule has 0 aromatic carbocycles. The van der Waals surface area contributed by atoms with Crippen LogP contribution < -0.4 is 9.13 Å². The first-order chi connectivity index (χ1) is 7.74. The maximum absolute atomic E-state index is 2.23. The smallest absolute Gasteiger partial charge is 0.243 e. The highest BCUT2D eigenvalue weighted by Crippen LogP contribution is 1.97. The minimum Gasteiger partial charge on any atom is -0.358 e. The number of unbranched alkanes of at least 4 members (excludes halogenated alkanes) is 1. The van der Waals surface area contributed by atoms with E-state index >= 15 is 0 Å². The van der Waals surface area contributed by atoms with Gasteiger partial charge >= 0.3 is 0 Å². The molecule has 0 aliphatic heterocycles. The van der Waals surface area contributed by atoms with Crippen molar-refractivity contribution in [2.75, 3.05) is 0 Å². The second-order valence-corrected chi connectivity index (χ2v) is 4.34. The van der Waals surface area contributed by atoms with E-state index in [-0.39, 0.29) is 14.9 Å². The van der Waals surface area contributed by atoms with Gasteiger partial charge in [0.15, 0.2) is 0 Å². The fourth-order valence-electron chi connectivity index (χ4n) is 1.86. The molecule has 102 valence electrons. The van der Waals surface area contributed by atoms with Crippen molar-refractivity contribution < 1.29 is 9.13 Å². The highest BCUT2D eigenvalue weighted by Gasteiger charge is 2.02. The zero-order valence-corrected chi connectivity index (χ0v) is 12.1. The minimum absolute atomic E-state index is 0. The molecule has 0 unspecified atom stereocenters. The first kappa shape index (κ1) is 16.4. The van der Waals surface area contributed by atoms with Gasteiger partial charge in [0.05, 0.1) is 27.2 Å². The molecule has 0 fully saturated rings. The van der Waals surface area contributed by atoms with Crippen LogP contribution in [0.25, 0.3) is 0 Å². The molecule has 0 aliphatic carbocycles. The van der Waals surface area contributed by atoms with Crippen LogP contribution in [0.3, 0.4) is 0 Å². The monoisotopic (exact) mass is 250 g/mol. The molecule has 0 aliphatic rings. The molecule has 0 N–H and O–H groups in total. The molecule has 0 radical (unpaired) electrons. The summed E-state index contributed by atoms with van der Waals surface area (Å²) in [5, 5.41) is 0. The Balaban J connectivity index is 0.00000144. The number of nitrogens with zero attached hydrogens (tertiary/aromatic N) is 4. The van der Waals surface area contributed by atoms with Crippen molar-refractivity contribution in [1.82, 2.24) is 9.13 Å². The van der Waals surface area contributed by atoms with Crippen LogP contribution in [-0.4, -0.2) is 9.13 Å². The molecule has 0 spiro atoms. The van der Waals surface area contributed by atoms with Gasteiger partial charge in [-0.1, -0.05) is 0 Å². The molecule has 0 saturated carbocycles. The molecule has 0 atom stereocenters. The van der Waals surface area contributed by atoms with E-state index in [2.05, 4.69) is 69.8 Å². The standard InChI is InChI=1S/C12H20N4.2CH3/c1-13-7-9-15(11-13)5-3-4-6-16-10-8-14(2)12-16;;/h7-12H,3-6H2,1-2H3;2*1H3/q+2;2*-1. The van der Waals surface area contributed by atoms with E-state index in [0.29, 0.717) is 0 Å². The number of rotatable bonds is 5. The third kappa shape index (κ3) is 4.73. The summed E-state index contributed by atoms with van der Waals surface area (Å²) in [6.45, 7) is 2.21. The molecular formula is C14H26N4. The van der Waals surface area contributed by atoms with Crippen LogP contribution in [0.1, 0.15) is 12.8 Å². The fourth-order valence-corrected chi connectivity index (χ4v) is 1.86. The van der Waals surface area contributed by atoms with Gasteiger partial charge in [0, 0.05) is 0 Å². The summed E-state index contributed by atoms with van der Waals surface area (Å²) in [7, 11) is 4.10. The molecule has 0 amide bonds. The van der Waals surface area contributed by atoms with E-state index in [4.69, 9.17) is 0 Å². The van der Waals surface area contributed by atoms with Gasteiger partial charge in [-0.05, 0) is 12.8 Å². The molecule has 2 rings (SSSR count). The summed E-state index contributed by atoms with van der Waals surface area (Å²) in [5.41, 5.74) is 0. The average Bonchev–Trinajstić information content (AvgIpc) is 2.83. The minimum atomic E-state index is 0. The Morgan fingerprint density at radius 1 is 0.778 bits per heavy atom. The first-order valence-corrected chi connectivity index (χ1v) is 5.76. The molecule has 0 bridgehead atoms. The second kappa shape index (κ2) is 7.69. The lowest BCUT2D eigenvalue weighted by molar-refractivity contribution is -0.671. The lowest BCUT2D eigenvalue weighted by Crippen LogP contribution is -2.24. The van der Waals surface area contributed by atoms with Gasteiger partial charge in [0.1, 0.15) is 24.8 Å². The van der Waals surface area contributed by atoms with Crippen LogP contribution in [0.2, 0.25) is 0 Å². The van der Waals surface area contributed by atoms with Crippen molar-refractivity contribution in [3.63, 3.8) is 0 Å². The Morgan fingerprint density at radius 3 is 1.44 bits per heavy atom.